The lowest BCUT2D eigenvalue weighted by atomic mass is 9.91. The van der Waals surface area contributed by atoms with Gasteiger partial charge in [0.2, 0.25) is 5.91 Å². The minimum absolute atomic E-state index is 0.110. The molecule has 0 aromatic heterocycles. The maximum atomic E-state index is 14.2. The molecule has 4 atom stereocenters. The van der Waals surface area contributed by atoms with Crippen molar-refractivity contribution in [3.63, 3.8) is 0 Å². The summed E-state index contributed by atoms with van der Waals surface area (Å²) in [6.45, 7) is 14.1. The van der Waals surface area contributed by atoms with Gasteiger partial charge < -0.3 is 24.8 Å². The van der Waals surface area contributed by atoms with Crippen molar-refractivity contribution in [3.8, 4) is 0 Å². The minimum atomic E-state index is -1.75. The zero-order valence-corrected chi connectivity index (χ0v) is 26.2. The summed E-state index contributed by atoms with van der Waals surface area (Å²) in [5, 5.41) is 14.5. The number of amides is 3. The van der Waals surface area contributed by atoms with Crippen LogP contribution in [0, 0.1) is 11.6 Å². The number of hydrogen-bond donors (Lipinski definition) is 2. The molecule has 0 spiro atoms. The van der Waals surface area contributed by atoms with E-state index in [9.17, 15) is 28.3 Å². The van der Waals surface area contributed by atoms with Gasteiger partial charge in [0.25, 0.3) is 0 Å². The largest absolute Gasteiger partial charge is 0.444 e. The molecular weight excluding hydrogens is 572 g/mol. The van der Waals surface area contributed by atoms with E-state index in [2.05, 4.69) is 11.9 Å². The number of aliphatic hydroxyl groups excluding tert-OH is 1. The molecule has 3 rings (SSSR count). The number of carbonyl (C=O) groups excluding carboxylic acids is 3. The SMILES string of the molecule is C=CC[C@H]1CN(Cc2ccccc2)C(=O)[C@H]([C@@H](O)[C@H](Cc2cc(F)cc(F)c2)NC(=O)OC(C)(C)C)N1C(=O)OC(C)(C)C. The quantitative estimate of drug-likeness (QED) is 0.368. The molecule has 0 unspecified atom stereocenters. The standard InChI is InChI=1S/C33H43F2N3O6/c1-8-12-25-20-37(19-21-13-10-9-11-14-21)29(40)27(38(25)31(42)44-33(5,6)7)28(39)26(36-30(41)43-32(2,3)4)17-22-15-23(34)18-24(35)16-22/h8-11,13-16,18,25-28,39H,1,12,17,19-20H2,2-7H3,(H,36,41)/t25-,26-,27-,28-/m0/s1. The Morgan fingerprint density at radius 2 is 1.61 bits per heavy atom. The molecule has 3 amide bonds. The van der Waals surface area contributed by atoms with Gasteiger partial charge in [-0.2, -0.15) is 0 Å². The first-order valence-corrected chi connectivity index (χ1v) is 14.5. The lowest BCUT2D eigenvalue weighted by Crippen LogP contribution is -2.69. The second kappa shape index (κ2) is 14.2. The topological polar surface area (TPSA) is 108 Å². The van der Waals surface area contributed by atoms with Crippen LogP contribution in [0.25, 0.3) is 0 Å². The number of ether oxygens (including phenoxy) is 2. The number of carbonyl (C=O) groups is 3. The highest BCUT2D eigenvalue weighted by atomic mass is 19.1. The number of benzene rings is 2. The first-order chi connectivity index (χ1) is 20.5. The molecule has 9 nitrogen and oxygen atoms in total. The van der Waals surface area contributed by atoms with Crippen molar-refractivity contribution >= 4 is 18.1 Å². The van der Waals surface area contributed by atoms with Gasteiger partial charge >= 0.3 is 12.2 Å². The van der Waals surface area contributed by atoms with E-state index in [1.54, 1.807) is 47.6 Å². The summed E-state index contributed by atoms with van der Waals surface area (Å²) in [5.41, 5.74) is -0.896. The van der Waals surface area contributed by atoms with Crippen LogP contribution in [0.2, 0.25) is 0 Å². The van der Waals surface area contributed by atoms with Crippen molar-refractivity contribution in [2.45, 2.75) is 96.4 Å². The highest BCUT2D eigenvalue weighted by Crippen LogP contribution is 2.28. The van der Waals surface area contributed by atoms with E-state index in [0.717, 1.165) is 17.7 Å². The van der Waals surface area contributed by atoms with Crippen LogP contribution in [0.5, 0.6) is 0 Å². The van der Waals surface area contributed by atoms with Gasteiger partial charge in [-0.25, -0.2) is 18.4 Å². The molecule has 0 bridgehead atoms. The molecule has 2 aromatic rings. The van der Waals surface area contributed by atoms with E-state index in [4.69, 9.17) is 9.47 Å². The first kappa shape index (κ1) is 34.5. The second-order valence-electron chi connectivity index (χ2n) is 12.9. The van der Waals surface area contributed by atoms with Crippen molar-refractivity contribution in [3.05, 3.63) is 83.9 Å². The van der Waals surface area contributed by atoms with Gasteiger partial charge in [-0.15, -0.1) is 6.58 Å². The molecule has 1 aliphatic heterocycles. The molecule has 2 N–H and O–H groups in total. The van der Waals surface area contributed by atoms with Crippen LogP contribution in [-0.4, -0.2) is 75.0 Å². The lowest BCUT2D eigenvalue weighted by molar-refractivity contribution is -0.152. The molecule has 0 saturated carbocycles. The van der Waals surface area contributed by atoms with Crippen LogP contribution in [0.3, 0.4) is 0 Å². The molecule has 44 heavy (non-hydrogen) atoms. The maximum absolute atomic E-state index is 14.2. The second-order valence-corrected chi connectivity index (χ2v) is 12.9. The summed E-state index contributed by atoms with van der Waals surface area (Å²) in [7, 11) is 0. The third kappa shape index (κ3) is 9.77. The molecule has 1 fully saturated rings. The molecule has 1 saturated heterocycles. The van der Waals surface area contributed by atoms with E-state index in [1.807, 2.05) is 30.3 Å². The number of aliphatic hydroxyl groups is 1. The molecular formula is C33H43F2N3O6. The summed E-state index contributed by atoms with van der Waals surface area (Å²) >= 11 is 0. The Morgan fingerprint density at radius 3 is 2.16 bits per heavy atom. The number of piperazine rings is 1. The third-order valence-electron chi connectivity index (χ3n) is 6.76. The van der Waals surface area contributed by atoms with Crippen molar-refractivity contribution < 1.29 is 37.7 Å². The van der Waals surface area contributed by atoms with Gasteiger partial charge in [-0.1, -0.05) is 36.4 Å². The molecule has 11 heteroatoms. The zero-order valence-electron chi connectivity index (χ0n) is 26.2. The number of nitrogens with zero attached hydrogens (tertiary/aromatic N) is 2. The number of rotatable bonds is 9. The predicted molar refractivity (Wildman–Crippen MR) is 162 cm³/mol. The Balaban J connectivity index is 2.10. The molecule has 2 aromatic carbocycles. The van der Waals surface area contributed by atoms with Crippen LogP contribution in [-0.2, 0) is 27.2 Å². The zero-order chi connectivity index (χ0) is 32.8. The van der Waals surface area contributed by atoms with Gasteiger partial charge in [-0.3, -0.25) is 9.69 Å². The number of nitrogens with one attached hydrogen (secondary N) is 1. The maximum Gasteiger partial charge on any atom is 0.411 e. The predicted octanol–water partition coefficient (Wildman–Crippen LogP) is 5.35. The van der Waals surface area contributed by atoms with Gasteiger partial charge in [-0.05, 0) is 77.6 Å². The van der Waals surface area contributed by atoms with Gasteiger partial charge in [0, 0.05) is 19.2 Å². The molecule has 0 radical (unpaired) electrons. The van der Waals surface area contributed by atoms with Crippen LogP contribution in [0.15, 0.2) is 61.2 Å². The average Bonchev–Trinajstić information content (AvgIpc) is 2.87. The van der Waals surface area contributed by atoms with E-state index < -0.39 is 65.2 Å². The Bertz CT molecular complexity index is 1300. The van der Waals surface area contributed by atoms with E-state index >= 15 is 0 Å². The number of halogens is 2. The fourth-order valence-corrected chi connectivity index (χ4v) is 5.10. The van der Waals surface area contributed by atoms with Gasteiger partial charge in [0.15, 0.2) is 0 Å². The summed E-state index contributed by atoms with van der Waals surface area (Å²) in [5.74, 6) is -2.29. The van der Waals surface area contributed by atoms with Crippen LogP contribution in [0.4, 0.5) is 18.4 Å². The fourth-order valence-electron chi connectivity index (χ4n) is 5.10. The average molecular weight is 616 g/mol. The van der Waals surface area contributed by atoms with E-state index in [1.165, 1.54) is 9.80 Å². The van der Waals surface area contributed by atoms with Gasteiger partial charge in [0.05, 0.1) is 12.1 Å². The molecule has 0 aliphatic carbocycles. The molecule has 1 heterocycles. The third-order valence-corrected chi connectivity index (χ3v) is 6.76. The summed E-state index contributed by atoms with van der Waals surface area (Å²) < 4.78 is 39.4. The van der Waals surface area contributed by atoms with Crippen molar-refractivity contribution in [1.29, 1.82) is 0 Å². The van der Waals surface area contributed by atoms with Crippen LogP contribution < -0.4 is 5.32 Å². The summed E-state index contributed by atoms with van der Waals surface area (Å²) in [6, 6.07) is 8.57. The summed E-state index contributed by atoms with van der Waals surface area (Å²) in [4.78, 5) is 43.5. The van der Waals surface area contributed by atoms with Crippen LogP contribution in [0.1, 0.15) is 59.1 Å². The Morgan fingerprint density at radius 1 is 1.02 bits per heavy atom. The fraction of sp³-hybridized carbons (Fsp3) is 0.485. The smallest absolute Gasteiger partial charge is 0.411 e. The molecule has 240 valence electrons. The monoisotopic (exact) mass is 615 g/mol. The van der Waals surface area contributed by atoms with Crippen molar-refractivity contribution in [2.75, 3.05) is 6.54 Å². The van der Waals surface area contributed by atoms with Crippen molar-refractivity contribution in [2.24, 2.45) is 0 Å². The van der Waals surface area contributed by atoms with Crippen LogP contribution >= 0.6 is 0 Å². The Hall–Kier alpha value is -3.99. The Kier molecular flexibility index (Phi) is 11.1. The molecule has 1 aliphatic rings. The minimum Gasteiger partial charge on any atom is -0.444 e. The normalized spacial score (nSPS) is 18.8. The summed E-state index contributed by atoms with van der Waals surface area (Å²) in [6.07, 6.45) is -1.93. The highest BCUT2D eigenvalue weighted by Gasteiger charge is 2.50. The lowest BCUT2D eigenvalue weighted by Gasteiger charge is -2.48. The van der Waals surface area contributed by atoms with Crippen molar-refractivity contribution in [1.82, 2.24) is 15.1 Å². The number of hydrogen-bond acceptors (Lipinski definition) is 6. The number of alkyl carbamates (subject to hydrolysis) is 1. The van der Waals surface area contributed by atoms with Gasteiger partial charge in [0.1, 0.15) is 35.0 Å². The highest BCUT2D eigenvalue weighted by molar-refractivity contribution is 5.88. The van der Waals surface area contributed by atoms with E-state index in [-0.39, 0.29) is 31.5 Å². The first-order valence-electron chi connectivity index (χ1n) is 14.5. The van der Waals surface area contributed by atoms with E-state index in [0.29, 0.717) is 6.07 Å². The Labute approximate surface area is 257 Å².